The van der Waals surface area contributed by atoms with Gasteiger partial charge in [0.1, 0.15) is 5.75 Å². The second kappa shape index (κ2) is 6.61. The fourth-order valence-corrected chi connectivity index (χ4v) is 2.55. The Morgan fingerprint density at radius 2 is 1.85 bits per heavy atom. The number of rotatable bonds is 4. The van der Waals surface area contributed by atoms with Gasteiger partial charge in [0.15, 0.2) is 0 Å². The molecule has 0 saturated carbocycles. The first-order valence-electron chi connectivity index (χ1n) is 7.18. The van der Waals surface area contributed by atoms with E-state index in [1.165, 1.54) is 0 Å². The van der Waals surface area contributed by atoms with Gasteiger partial charge in [-0.3, -0.25) is 4.79 Å². The van der Waals surface area contributed by atoms with Crippen molar-refractivity contribution < 1.29 is 9.90 Å². The molecule has 1 heterocycles. The van der Waals surface area contributed by atoms with Crippen LogP contribution < -0.4 is 10.6 Å². The van der Waals surface area contributed by atoms with Crippen molar-refractivity contribution in [3.63, 3.8) is 0 Å². The third kappa shape index (κ3) is 3.22. The Morgan fingerprint density at radius 3 is 2.35 bits per heavy atom. The van der Waals surface area contributed by atoms with E-state index >= 15 is 0 Å². The number of piperazine rings is 1. The fourth-order valence-electron chi connectivity index (χ4n) is 2.55. The lowest BCUT2D eigenvalue weighted by Crippen LogP contribution is -2.51. The zero-order chi connectivity index (χ0) is 14.5. The highest BCUT2D eigenvalue weighted by Crippen LogP contribution is 2.20. The van der Waals surface area contributed by atoms with E-state index in [-0.39, 0.29) is 17.6 Å². The van der Waals surface area contributed by atoms with Crippen molar-refractivity contribution >= 4 is 11.6 Å². The van der Waals surface area contributed by atoms with Crippen LogP contribution in [-0.4, -0.2) is 48.6 Å². The van der Waals surface area contributed by atoms with Crippen LogP contribution in [0.2, 0.25) is 0 Å². The number of nitrogens with two attached hydrogens (primary N) is 1. The van der Waals surface area contributed by atoms with Gasteiger partial charge in [0.2, 0.25) is 5.91 Å². The van der Waals surface area contributed by atoms with Gasteiger partial charge in [0.05, 0.1) is 5.92 Å². The molecule has 1 aromatic rings. The number of hydrogen-bond acceptors (Lipinski definition) is 4. The minimum absolute atomic E-state index is 0.0461. The van der Waals surface area contributed by atoms with Crippen LogP contribution in [0.1, 0.15) is 13.3 Å². The molecule has 3 N–H and O–H groups in total. The summed E-state index contributed by atoms with van der Waals surface area (Å²) in [6.45, 7) is 5.52. The van der Waals surface area contributed by atoms with Crippen LogP contribution in [0.3, 0.4) is 0 Å². The minimum atomic E-state index is -0.0461. The molecular weight excluding hydrogens is 254 g/mol. The van der Waals surface area contributed by atoms with Crippen LogP contribution in [0, 0.1) is 5.92 Å². The van der Waals surface area contributed by atoms with Crippen molar-refractivity contribution in [3.8, 4) is 5.75 Å². The summed E-state index contributed by atoms with van der Waals surface area (Å²) in [6.07, 6.45) is 0.799. The summed E-state index contributed by atoms with van der Waals surface area (Å²) in [5.41, 5.74) is 6.73. The summed E-state index contributed by atoms with van der Waals surface area (Å²) in [7, 11) is 0. The molecular formula is C15H23N3O2. The van der Waals surface area contributed by atoms with Crippen molar-refractivity contribution in [2.45, 2.75) is 13.3 Å². The maximum Gasteiger partial charge on any atom is 0.227 e. The number of hydrogen-bond donors (Lipinski definition) is 2. The molecule has 0 bridgehead atoms. The number of anilines is 1. The first kappa shape index (κ1) is 14.7. The maximum atomic E-state index is 12.2. The highest BCUT2D eigenvalue weighted by Gasteiger charge is 2.25. The molecule has 1 atom stereocenters. The quantitative estimate of drug-likeness (QED) is 0.862. The van der Waals surface area contributed by atoms with Gasteiger partial charge < -0.3 is 20.6 Å². The number of aromatic hydroxyl groups is 1. The number of amides is 1. The van der Waals surface area contributed by atoms with Crippen LogP contribution in [0.25, 0.3) is 0 Å². The molecule has 1 aromatic carbocycles. The lowest BCUT2D eigenvalue weighted by Gasteiger charge is -2.37. The second-order valence-corrected chi connectivity index (χ2v) is 5.17. The number of carbonyl (C=O) groups is 1. The average Bonchev–Trinajstić information content (AvgIpc) is 2.49. The Kier molecular flexibility index (Phi) is 4.84. The SMILES string of the molecule is CCC(CN)C(=O)N1CCN(c2ccc(O)cc2)CC1. The molecule has 1 amide bonds. The number of phenols is 1. The van der Waals surface area contributed by atoms with Gasteiger partial charge >= 0.3 is 0 Å². The van der Waals surface area contributed by atoms with Crippen LogP contribution in [0.5, 0.6) is 5.75 Å². The molecule has 20 heavy (non-hydrogen) atoms. The lowest BCUT2D eigenvalue weighted by atomic mass is 10.0. The maximum absolute atomic E-state index is 12.2. The third-order valence-electron chi connectivity index (χ3n) is 3.93. The molecule has 0 spiro atoms. The normalized spacial score (nSPS) is 17.1. The average molecular weight is 277 g/mol. The zero-order valence-corrected chi connectivity index (χ0v) is 12.0. The Balaban J connectivity index is 1.92. The fraction of sp³-hybridized carbons (Fsp3) is 0.533. The Hall–Kier alpha value is -1.75. The molecule has 0 radical (unpaired) electrons. The Morgan fingerprint density at radius 1 is 1.25 bits per heavy atom. The van der Waals surface area contributed by atoms with Crippen LogP contribution in [-0.2, 0) is 4.79 Å². The molecule has 1 aliphatic rings. The van der Waals surface area contributed by atoms with Crippen molar-refractivity contribution in [2.24, 2.45) is 11.7 Å². The van der Waals surface area contributed by atoms with Crippen molar-refractivity contribution in [2.75, 3.05) is 37.6 Å². The van der Waals surface area contributed by atoms with Crippen molar-refractivity contribution in [3.05, 3.63) is 24.3 Å². The molecule has 1 unspecified atom stereocenters. The smallest absolute Gasteiger partial charge is 0.227 e. The van der Waals surface area contributed by atoms with Gasteiger partial charge in [-0.15, -0.1) is 0 Å². The van der Waals surface area contributed by atoms with Crippen LogP contribution >= 0.6 is 0 Å². The predicted molar refractivity (Wildman–Crippen MR) is 79.7 cm³/mol. The molecule has 1 fully saturated rings. The molecule has 2 rings (SSSR count). The van der Waals surface area contributed by atoms with Gasteiger partial charge in [0.25, 0.3) is 0 Å². The van der Waals surface area contributed by atoms with Crippen LogP contribution in [0.15, 0.2) is 24.3 Å². The molecule has 0 aromatic heterocycles. The molecule has 1 aliphatic heterocycles. The topological polar surface area (TPSA) is 69.8 Å². The highest BCUT2D eigenvalue weighted by molar-refractivity contribution is 5.79. The first-order valence-corrected chi connectivity index (χ1v) is 7.18. The summed E-state index contributed by atoms with van der Waals surface area (Å²) < 4.78 is 0. The molecule has 0 aliphatic carbocycles. The van der Waals surface area contributed by atoms with E-state index in [4.69, 9.17) is 5.73 Å². The first-order chi connectivity index (χ1) is 9.65. The van der Waals surface area contributed by atoms with Gasteiger partial charge in [-0.2, -0.15) is 0 Å². The second-order valence-electron chi connectivity index (χ2n) is 5.17. The van der Waals surface area contributed by atoms with Crippen LogP contribution in [0.4, 0.5) is 5.69 Å². The number of phenolic OH excluding ortho intramolecular Hbond substituents is 1. The van der Waals surface area contributed by atoms with E-state index in [1.807, 2.05) is 24.0 Å². The van der Waals surface area contributed by atoms with Gasteiger partial charge in [0, 0.05) is 38.4 Å². The molecule has 5 nitrogen and oxygen atoms in total. The van der Waals surface area contributed by atoms with Gasteiger partial charge in [-0.1, -0.05) is 6.92 Å². The highest BCUT2D eigenvalue weighted by atomic mass is 16.3. The molecule has 1 saturated heterocycles. The molecule has 5 heteroatoms. The van der Waals surface area contributed by atoms with E-state index in [2.05, 4.69) is 4.90 Å². The van der Waals surface area contributed by atoms with E-state index in [0.717, 1.165) is 38.3 Å². The molecule has 110 valence electrons. The standard InChI is InChI=1S/C15H23N3O2/c1-2-12(11-16)15(20)18-9-7-17(8-10-18)13-3-5-14(19)6-4-13/h3-6,12,19H,2,7-11,16H2,1H3. The van der Waals surface area contributed by atoms with Crippen molar-refractivity contribution in [1.29, 1.82) is 0 Å². The third-order valence-corrected chi connectivity index (χ3v) is 3.93. The van der Waals surface area contributed by atoms with E-state index in [1.54, 1.807) is 12.1 Å². The monoisotopic (exact) mass is 277 g/mol. The van der Waals surface area contributed by atoms with Gasteiger partial charge in [-0.25, -0.2) is 0 Å². The predicted octanol–water partition coefficient (Wildman–Crippen LogP) is 1.03. The summed E-state index contributed by atoms with van der Waals surface area (Å²) in [6, 6.07) is 7.19. The summed E-state index contributed by atoms with van der Waals surface area (Å²) in [5, 5.41) is 9.30. The van der Waals surface area contributed by atoms with E-state index in [9.17, 15) is 9.90 Å². The number of benzene rings is 1. The van der Waals surface area contributed by atoms with E-state index in [0.29, 0.717) is 6.54 Å². The summed E-state index contributed by atoms with van der Waals surface area (Å²) in [4.78, 5) is 16.4. The number of nitrogens with zero attached hydrogens (tertiary/aromatic N) is 2. The summed E-state index contributed by atoms with van der Waals surface area (Å²) >= 11 is 0. The van der Waals surface area contributed by atoms with E-state index < -0.39 is 0 Å². The Labute approximate surface area is 120 Å². The summed E-state index contributed by atoms with van der Waals surface area (Å²) in [5.74, 6) is 0.409. The van der Waals surface area contributed by atoms with Gasteiger partial charge in [-0.05, 0) is 30.7 Å². The van der Waals surface area contributed by atoms with Crippen molar-refractivity contribution in [1.82, 2.24) is 4.90 Å². The minimum Gasteiger partial charge on any atom is -0.508 e. The largest absolute Gasteiger partial charge is 0.508 e. The Bertz CT molecular complexity index is 435. The lowest BCUT2D eigenvalue weighted by molar-refractivity contribution is -0.135. The number of carbonyl (C=O) groups excluding carboxylic acids is 1. The zero-order valence-electron chi connectivity index (χ0n) is 12.0.